The third-order valence-corrected chi connectivity index (χ3v) is 4.77. The summed E-state index contributed by atoms with van der Waals surface area (Å²) in [6.07, 6.45) is 2.33. The van der Waals surface area contributed by atoms with E-state index < -0.39 is 0 Å². The van der Waals surface area contributed by atoms with Gasteiger partial charge in [-0.1, -0.05) is 42.5 Å². The van der Waals surface area contributed by atoms with Crippen LogP contribution in [0.25, 0.3) is 11.4 Å². The highest BCUT2D eigenvalue weighted by Gasteiger charge is 2.18. The number of carbonyl (C=O) groups excluding carboxylic acids is 1. The van der Waals surface area contributed by atoms with Crippen molar-refractivity contribution in [1.82, 2.24) is 9.97 Å². The van der Waals surface area contributed by atoms with E-state index in [1.165, 1.54) is 20.0 Å². The molecule has 0 spiro atoms. The number of ether oxygens (including phenoxy) is 1. The van der Waals surface area contributed by atoms with E-state index in [9.17, 15) is 4.79 Å². The van der Waals surface area contributed by atoms with Crippen LogP contribution in [0.3, 0.4) is 0 Å². The standard InChI is InChI=1S/C22H22N4O2/c1-28-22(27)17-11-5-6-12-18(17)23-19-15-20(26-13-7-8-14-26)25-21(24-19)16-9-3-2-4-10-16/h2-6,9-12,15H,7-8,13-14H2,1H3,(H,23,24,25). The topological polar surface area (TPSA) is 67.3 Å². The minimum atomic E-state index is -0.389. The van der Waals surface area contributed by atoms with Gasteiger partial charge in [0, 0.05) is 24.7 Å². The minimum Gasteiger partial charge on any atom is -0.465 e. The van der Waals surface area contributed by atoms with Crippen molar-refractivity contribution in [3.05, 3.63) is 66.2 Å². The van der Waals surface area contributed by atoms with Crippen molar-refractivity contribution in [1.29, 1.82) is 0 Å². The van der Waals surface area contributed by atoms with Gasteiger partial charge < -0.3 is 15.0 Å². The first kappa shape index (κ1) is 18.0. The molecule has 0 radical (unpaired) electrons. The highest BCUT2D eigenvalue weighted by molar-refractivity contribution is 5.96. The van der Waals surface area contributed by atoms with Crippen LogP contribution in [0.1, 0.15) is 23.2 Å². The average molecular weight is 374 g/mol. The summed E-state index contributed by atoms with van der Waals surface area (Å²) < 4.78 is 4.89. The van der Waals surface area contributed by atoms with Gasteiger partial charge in [-0.25, -0.2) is 14.8 Å². The molecule has 6 heteroatoms. The molecule has 1 fully saturated rings. The molecule has 142 valence electrons. The van der Waals surface area contributed by atoms with Crippen LogP contribution in [0, 0.1) is 0 Å². The number of anilines is 3. The molecule has 0 amide bonds. The second kappa shape index (κ2) is 8.08. The number of aromatic nitrogens is 2. The fourth-order valence-corrected chi connectivity index (χ4v) is 3.34. The van der Waals surface area contributed by atoms with E-state index in [2.05, 4.69) is 10.2 Å². The Labute approximate surface area is 164 Å². The number of nitrogens with zero attached hydrogens (tertiary/aromatic N) is 3. The normalized spacial score (nSPS) is 13.4. The Morgan fingerprint density at radius 1 is 1.00 bits per heavy atom. The van der Waals surface area contributed by atoms with Gasteiger partial charge in [-0.3, -0.25) is 0 Å². The summed E-state index contributed by atoms with van der Waals surface area (Å²) in [5.41, 5.74) is 2.07. The first-order chi connectivity index (χ1) is 13.7. The molecule has 4 rings (SSSR count). The lowest BCUT2D eigenvalue weighted by molar-refractivity contribution is 0.0602. The van der Waals surface area contributed by atoms with E-state index in [-0.39, 0.29) is 5.97 Å². The van der Waals surface area contributed by atoms with Crippen LogP contribution < -0.4 is 10.2 Å². The Balaban J connectivity index is 1.74. The number of hydrogen-bond acceptors (Lipinski definition) is 6. The summed E-state index contributed by atoms with van der Waals surface area (Å²) in [5.74, 6) is 1.81. The van der Waals surface area contributed by atoms with E-state index in [1.54, 1.807) is 6.07 Å². The fourth-order valence-electron chi connectivity index (χ4n) is 3.34. The smallest absolute Gasteiger partial charge is 0.339 e. The Hall–Kier alpha value is -3.41. The highest BCUT2D eigenvalue weighted by Crippen LogP contribution is 2.27. The molecule has 3 aromatic rings. The second-order valence-corrected chi connectivity index (χ2v) is 6.66. The molecule has 6 nitrogen and oxygen atoms in total. The molecule has 1 aliphatic heterocycles. The van der Waals surface area contributed by atoms with Crippen molar-refractivity contribution in [2.24, 2.45) is 0 Å². The summed E-state index contributed by atoms with van der Waals surface area (Å²) in [4.78, 5) is 23.8. The maximum Gasteiger partial charge on any atom is 0.339 e. The first-order valence-corrected chi connectivity index (χ1v) is 9.38. The lowest BCUT2D eigenvalue weighted by atomic mass is 10.1. The summed E-state index contributed by atoms with van der Waals surface area (Å²) in [7, 11) is 1.38. The Kier molecular flexibility index (Phi) is 5.19. The van der Waals surface area contributed by atoms with Crippen LogP contribution in [-0.4, -0.2) is 36.1 Å². The lowest BCUT2D eigenvalue weighted by Crippen LogP contribution is -2.19. The molecular formula is C22H22N4O2. The summed E-state index contributed by atoms with van der Waals surface area (Å²) in [6.45, 7) is 1.98. The van der Waals surface area contributed by atoms with Crippen molar-refractivity contribution in [3.63, 3.8) is 0 Å². The lowest BCUT2D eigenvalue weighted by Gasteiger charge is -2.19. The monoisotopic (exact) mass is 374 g/mol. The zero-order valence-electron chi connectivity index (χ0n) is 15.8. The molecule has 2 aromatic carbocycles. The molecular weight excluding hydrogens is 352 g/mol. The third kappa shape index (κ3) is 3.81. The maximum absolute atomic E-state index is 12.1. The van der Waals surface area contributed by atoms with Crippen LogP contribution in [0.4, 0.5) is 17.3 Å². The van der Waals surface area contributed by atoms with Gasteiger partial charge >= 0.3 is 5.97 Å². The average Bonchev–Trinajstić information content (AvgIpc) is 3.29. The Morgan fingerprint density at radius 2 is 1.71 bits per heavy atom. The zero-order valence-corrected chi connectivity index (χ0v) is 15.8. The first-order valence-electron chi connectivity index (χ1n) is 9.38. The van der Waals surface area contributed by atoms with Crippen LogP contribution in [-0.2, 0) is 4.74 Å². The van der Waals surface area contributed by atoms with E-state index in [1.807, 2.05) is 54.6 Å². The Morgan fingerprint density at radius 3 is 2.46 bits per heavy atom. The summed E-state index contributed by atoms with van der Waals surface area (Å²) >= 11 is 0. The maximum atomic E-state index is 12.1. The van der Waals surface area contributed by atoms with Crippen molar-refractivity contribution < 1.29 is 9.53 Å². The van der Waals surface area contributed by atoms with Crippen molar-refractivity contribution in [3.8, 4) is 11.4 Å². The van der Waals surface area contributed by atoms with Gasteiger partial charge in [0.2, 0.25) is 0 Å². The van der Waals surface area contributed by atoms with Crippen LogP contribution >= 0.6 is 0 Å². The number of nitrogens with one attached hydrogen (secondary N) is 1. The number of benzene rings is 2. The molecule has 1 aromatic heterocycles. The molecule has 1 aliphatic rings. The number of hydrogen-bond donors (Lipinski definition) is 1. The molecule has 28 heavy (non-hydrogen) atoms. The number of esters is 1. The van der Waals surface area contributed by atoms with Gasteiger partial charge in [-0.15, -0.1) is 0 Å². The predicted octanol–water partition coefficient (Wildman–Crippen LogP) is 4.27. The predicted molar refractivity (Wildman–Crippen MR) is 110 cm³/mol. The molecule has 0 bridgehead atoms. The summed E-state index contributed by atoms with van der Waals surface area (Å²) in [5, 5.41) is 3.28. The number of para-hydroxylation sites is 1. The van der Waals surface area contributed by atoms with E-state index >= 15 is 0 Å². The van der Waals surface area contributed by atoms with Gasteiger partial charge in [0.15, 0.2) is 5.82 Å². The Bertz CT molecular complexity index is 969. The molecule has 0 saturated carbocycles. The summed E-state index contributed by atoms with van der Waals surface area (Å²) in [6, 6.07) is 19.1. The van der Waals surface area contributed by atoms with Crippen LogP contribution in [0.2, 0.25) is 0 Å². The molecule has 0 aliphatic carbocycles. The zero-order chi connectivity index (χ0) is 19.3. The van der Waals surface area contributed by atoms with Gasteiger partial charge in [0.1, 0.15) is 11.6 Å². The van der Waals surface area contributed by atoms with Crippen molar-refractivity contribution in [2.75, 3.05) is 30.4 Å². The molecule has 1 N–H and O–H groups in total. The van der Waals surface area contributed by atoms with Gasteiger partial charge in [0.05, 0.1) is 18.4 Å². The van der Waals surface area contributed by atoms with E-state index in [0.717, 1.165) is 24.5 Å². The van der Waals surface area contributed by atoms with Crippen molar-refractivity contribution in [2.45, 2.75) is 12.8 Å². The van der Waals surface area contributed by atoms with E-state index in [0.29, 0.717) is 22.9 Å². The number of rotatable bonds is 5. The second-order valence-electron chi connectivity index (χ2n) is 6.66. The van der Waals surface area contributed by atoms with Gasteiger partial charge in [-0.2, -0.15) is 0 Å². The van der Waals surface area contributed by atoms with E-state index in [4.69, 9.17) is 14.7 Å². The fraction of sp³-hybridized carbons (Fsp3) is 0.227. The quantitative estimate of drug-likeness (QED) is 0.673. The van der Waals surface area contributed by atoms with Gasteiger partial charge in [0.25, 0.3) is 0 Å². The molecule has 0 atom stereocenters. The van der Waals surface area contributed by atoms with Crippen LogP contribution in [0.15, 0.2) is 60.7 Å². The number of carbonyl (C=O) groups is 1. The van der Waals surface area contributed by atoms with Crippen molar-refractivity contribution >= 4 is 23.3 Å². The molecule has 0 unspecified atom stereocenters. The highest BCUT2D eigenvalue weighted by atomic mass is 16.5. The third-order valence-electron chi connectivity index (χ3n) is 4.77. The minimum absolute atomic E-state index is 0.389. The molecule has 2 heterocycles. The SMILES string of the molecule is COC(=O)c1ccccc1Nc1cc(N2CCCC2)nc(-c2ccccc2)n1. The number of methoxy groups -OCH3 is 1. The largest absolute Gasteiger partial charge is 0.465 e. The van der Waals surface area contributed by atoms with Crippen LogP contribution in [0.5, 0.6) is 0 Å². The molecule has 1 saturated heterocycles. The van der Waals surface area contributed by atoms with Gasteiger partial charge in [-0.05, 0) is 25.0 Å².